The van der Waals surface area contributed by atoms with Crippen molar-refractivity contribution in [1.82, 2.24) is 15.1 Å². The first-order valence-corrected chi connectivity index (χ1v) is 6.73. The number of amides is 1. The Kier molecular flexibility index (Phi) is 4.36. The summed E-state index contributed by atoms with van der Waals surface area (Å²) < 4.78 is 0. The number of aromatic nitrogens is 2. The summed E-state index contributed by atoms with van der Waals surface area (Å²) in [4.78, 5) is 14.1. The average molecular weight is 250 g/mol. The van der Waals surface area contributed by atoms with E-state index in [0.717, 1.165) is 38.0 Å². The first-order chi connectivity index (χ1) is 8.70. The number of H-pyrrole nitrogens is 1. The van der Waals surface area contributed by atoms with Crippen molar-refractivity contribution in [3.05, 3.63) is 18.0 Å². The maximum absolute atomic E-state index is 12.1. The van der Waals surface area contributed by atoms with Crippen LogP contribution in [-0.2, 0) is 4.79 Å². The molecule has 5 nitrogen and oxygen atoms in total. The van der Waals surface area contributed by atoms with E-state index in [4.69, 9.17) is 5.73 Å². The molecule has 1 aromatic heterocycles. The Morgan fingerprint density at radius 3 is 3.22 bits per heavy atom. The number of likely N-dealkylation sites (tertiary alicyclic amines) is 1. The minimum atomic E-state index is -0.00923. The van der Waals surface area contributed by atoms with Gasteiger partial charge >= 0.3 is 0 Å². The lowest BCUT2D eigenvalue weighted by Crippen LogP contribution is -2.41. The van der Waals surface area contributed by atoms with Gasteiger partial charge in [-0.3, -0.25) is 9.89 Å². The second-order valence-electron chi connectivity index (χ2n) is 5.06. The predicted molar refractivity (Wildman–Crippen MR) is 70.0 cm³/mol. The molecule has 0 spiro atoms. The highest BCUT2D eigenvalue weighted by Crippen LogP contribution is 2.25. The Balaban J connectivity index is 1.92. The molecule has 0 radical (unpaired) electrons. The van der Waals surface area contributed by atoms with Crippen LogP contribution in [0, 0.1) is 0 Å². The smallest absolute Gasteiger partial charge is 0.224 e. The summed E-state index contributed by atoms with van der Waals surface area (Å²) in [7, 11) is 0. The predicted octanol–water partition coefficient (Wildman–Crippen LogP) is 1.24. The van der Waals surface area contributed by atoms with E-state index in [1.807, 2.05) is 17.9 Å². The number of carbonyl (C=O) groups excluding carboxylic acids is 1. The number of piperidine rings is 1. The van der Waals surface area contributed by atoms with Gasteiger partial charge in [-0.25, -0.2) is 0 Å². The number of nitrogens with one attached hydrogen (secondary N) is 1. The molecular weight excluding hydrogens is 228 g/mol. The SMILES string of the molecule is CCC(N)CC(=O)N1CCCC(c2ccn[nH]2)C1. The molecule has 2 unspecified atom stereocenters. The van der Waals surface area contributed by atoms with E-state index in [1.54, 1.807) is 6.20 Å². The van der Waals surface area contributed by atoms with Gasteiger partial charge in [0, 0.05) is 43.4 Å². The van der Waals surface area contributed by atoms with Crippen LogP contribution in [0.4, 0.5) is 0 Å². The molecule has 100 valence electrons. The molecule has 0 bridgehead atoms. The number of nitrogens with two attached hydrogens (primary N) is 1. The number of nitrogens with zero attached hydrogens (tertiary/aromatic N) is 2. The molecule has 2 heterocycles. The van der Waals surface area contributed by atoms with E-state index in [0.29, 0.717) is 12.3 Å². The molecule has 3 N–H and O–H groups in total. The van der Waals surface area contributed by atoms with Gasteiger partial charge in [0.05, 0.1) is 0 Å². The average Bonchev–Trinajstić information content (AvgIpc) is 2.92. The van der Waals surface area contributed by atoms with Crippen LogP contribution in [0.1, 0.15) is 44.2 Å². The maximum atomic E-state index is 12.1. The Bertz CT molecular complexity index is 376. The van der Waals surface area contributed by atoms with Crippen LogP contribution in [0.5, 0.6) is 0 Å². The lowest BCUT2D eigenvalue weighted by atomic mass is 9.94. The normalized spacial score (nSPS) is 21.9. The van der Waals surface area contributed by atoms with Crippen molar-refractivity contribution in [1.29, 1.82) is 0 Å². The summed E-state index contributed by atoms with van der Waals surface area (Å²) in [6, 6.07) is 1.99. The van der Waals surface area contributed by atoms with Gasteiger partial charge in [-0.1, -0.05) is 6.92 Å². The molecule has 18 heavy (non-hydrogen) atoms. The Hall–Kier alpha value is -1.36. The van der Waals surface area contributed by atoms with E-state index in [-0.39, 0.29) is 11.9 Å². The summed E-state index contributed by atoms with van der Waals surface area (Å²) in [6.07, 6.45) is 5.25. The van der Waals surface area contributed by atoms with Crippen molar-refractivity contribution in [2.24, 2.45) is 5.73 Å². The highest BCUT2D eigenvalue weighted by Gasteiger charge is 2.25. The third-order valence-electron chi connectivity index (χ3n) is 3.70. The maximum Gasteiger partial charge on any atom is 0.224 e. The second kappa shape index (κ2) is 6.00. The molecule has 0 aromatic carbocycles. The molecule has 2 rings (SSSR count). The van der Waals surface area contributed by atoms with E-state index >= 15 is 0 Å². The fourth-order valence-corrected chi connectivity index (χ4v) is 2.45. The van der Waals surface area contributed by atoms with Crippen LogP contribution in [0.15, 0.2) is 12.3 Å². The van der Waals surface area contributed by atoms with Gasteiger partial charge in [0.25, 0.3) is 0 Å². The Morgan fingerprint density at radius 1 is 1.72 bits per heavy atom. The highest BCUT2D eigenvalue weighted by atomic mass is 16.2. The van der Waals surface area contributed by atoms with Gasteiger partial charge in [0.1, 0.15) is 0 Å². The molecule has 0 aliphatic carbocycles. The second-order valence-corrected chi connectivity index (χ2v) is 5.06. The molecule has 1 fully saturated rings. The first kappa shape index (κ1) is 13.1. The largest absolute Gasteiger partial charge is 0.342 e. The quantitative estimate of drug-likeness (QED) is 0.844. The standard InChI is InChI=1S/C13H22N4O/c1-2-11(14)8-13(18)17-7-3-4-10(9-17)12-5-6-15-16-12/h5-6,10-11H,2-4,7-9,14H2,1H3,(H,15,16). The van der Waals surface area contributed by atoms with Crippen LogP contribution in [0.25, 0.3) is 0 Å². The minimum absolute atomic E-state index is 0.00923. The summed E-state index contributed by atoms with van der Waals surface area (Å²) in [5.74, 6) is 0.580. The summed E-state index contributed by atoms with van der Waals surface area (Å²) in [5.41, 5.74) is 6.98. The van der Waals surface area contributed by atoms with Crippen molar-refractivity contribution in [2.45, 2.75) is 44.6 Å². The van der Waals surface area contributed by atoms with Gasteiger partial charge in [-0.2, -0.15) is 5.10 Å². The zero-order valence-electron chi connectivity index (χ0n) is 10.9. The topological polar surface area (TPSA) is 75.0 Å². The van der Waals surface area contributed by atoms with E-state index in [9.17, 15) is 4.79 Å². The summed E-state index contributed by atoms with van der Waals surface area (Å²) >= 11 is 0. The highest BCUT2D eigenvalue weighted by molar-refractivity contribution is 5.77. The van der Waals surface area contributed by atoms with Crippen LogP contribution >= 0.6 is 0 Å². The van der Waals surface area contributed by atoms with Gasteiger partial charge in [-0.15, -0.1) is 0 Å². The van der Waals surface area contributed by atoms with Crippen LogP contribution < -0.4 is 5.73 Å². The molecule has 1 amide bonds. The molecular formula is C13H22N4O. The number of hydrogen-bond acceptors (Lipinski definition) is 3. The fraction of sp³-hybridized carbons (Fsp3) is 0.692. The van der Waals surface area contributed by atoms with Crippen molar-refractivity contribution < 1.29 is 4.79 Å². The lowest BCUT2D eigenvalue weighted by molar-refractivity contribution is -0.132. The van der Waals surface area contributed by atoms with Gasteiger partial charge in [0.15, 0.2) is 0 Å². The number of aromatic amines is 1. The monoisotopic (exact) mass is 250 g/mol. The van der Waals surface area contributed by atoms with E-state index in [1.165, 1.54) is 0 Å². The number of hydrogen-bond donors (Lipinski definition) is 2. The molecule has 1 saturated heterocycles. The van der Waals surface area contributed by atoms with Gasteiger partial charge < -0.3 is 10.6 Å². The molecule has 1 aromatic rings. The van der Waals surface area contributed by atoms with Gasteiger partial charge in [-0.05, 0) is 25.3 Å². The fourth-order valence-electron chi connectivity index (χ4n) is 2.45. The number of rotatable bonds is 4. The van der Waals surface area contributed by atoms with Crippen molar-refractivity contribution >= 4 is 5.91 Å². The summed E-state index contributed by atoms with van der Waals surface area (Å²) in [6.45, 7) is 3.67. The first-order valence-electron chi connectivity index (χ1n) is 6.73. The van der Waals surface area contributed by atoms with E-state index in [2.05, 4.69) is 10.2 Å². The molecule has 5 heteroatoms. The molecule has 0 saturated carbocycles. The van der Waals surface area contributed by atoms with Crippen molar-refractivity contribution in [3.8, 4) is 0 Å². The zero-order valence-corrected chi connectivity index (χ0v) is 10.9. The van der Waals surface area contributed by atoms with Crippen LogP contribution in [0.3, 0.4) is 0 Å². The Morgan fingerprint density at radius 2 is 2.56 bits per heavy atom. The van der Waals surface area contributed by atoms with Gasteiger partial charge in [0.2, 0.25) is 5.91 Å². The third kappa shape index (κ3) is 3.10. The van der Waals surface area contributed by atoms with Crippen molar-refractivity contribution in [2.75, 3.05) is 13.1 Å². The third-order valence-corrected chi connectivity index (χ3v) is 3.70. The van der Waals surface area contributed by atoms with Crippen molar-refractivity contribution in [3.63, 3.8) is 0 Å². The van der Waals surface area contributed by atoms with E-state index < -0.39 is 0 Å². The lowest BCUT2D eigenvalue weighted by Gasteiger charge is -2.32. The summed E-state index contributed by atoms with van der Waals surface area (Å²) in [5, 5.41) is 6.99. The Labute approximate surface area is 108 Å². The molecule has 1 aliphatic rings. The minimum Gasteiger partial charge on any atom is -0.342 e. The zero-order chi connectivity index (χ0) is 13.0. The van der Waals surface area contributed by atoms with Crippen LogP contribution in [-0.4, -0.2) is 40.1 Å². The number of carbonyl (C=O) groups is 1. The van der Waals surface area contributed by atoms with Crippen LogP contribution in [0.2, 0.25) is 0 Å². The molecule has 2 atom stereocenters. The molecule has 1 aliphatic heterocycles.